The number of carboxylic acids is 1. The standard InChI is InChI=1S/C35H40N2O9/c1-40-27-21-25(22-28(41-2)31(27)44-5)18-20-45-35(26-16-10-7-11-17-26,19-12-15-24-13-8-6-9-14-24)32(33(38)39)46-34-36-29(42-3)23-30(37-34)43-4/h6-11,13-14,16-17,21-23,32H,12,15,18-20H2,1-5H3,(H,38,39). The lowest BCUT2D eigenvalue weighted by Crippen LogP contribution is -2.51. The number of nitrogens with zero attached hydrogens (tertiary/aromatic N) is 2. The zero-order valence-electron chi connectivity index (χ0n) is 26.7. The van der Waals surface area contributed by atoms with Crippen molar-refractivity contribution < 1.29 is 43.1 Å². The number of hydrogen-bond acceptors (Lipinski definition) is 10. The third-order valence-electron chi connectivity index (χ3n) is 7.54. The van der Waals surface area contributed by atoms with E-state index in [9.17, 15) is 9.90 Å². The molecule has 11 nitrogen and oxygen atoms in total. The van der Waals surface area contributed by atoms with Crippen molar-refractivity contribution in [2.24, 2.45) is 0 Å². The molecule has 0 aliphatic carbocycles. The Labute approximate surface area is 269 Å². The second-order valence-corrected chi connectivity index (χ2v) is 10.3. The van der Waals surface area contributed by atoms with Gasteiger partial charge in [-0.05, 0) is 54.5 Å². The van der Waals surface area contributed by atoms with E-state index in [4.69, 9.17) is 33.2 Å². The minimum atomic E-state index is -1.55. The van der Waals surface area contributed by atoms with E-state index in [1.54, 1.807) is 21.3 Å². The summed E-state index contributed by atoms with van der Waals surface area (Å²) in [5.74, 6) is 0.547. The molecule has 4 rings (SSSR count). The highest BCUT2D eigenvalue weighted by atomic mass is 16.6. The summed E-state index contributed by atoms with van der Waals surface area (Å²) in [4.78, 5) is 21.7. The molecule has 11 heteroatoms. The molecule has 1 heterocycles. The van der Waals surface area contributed by atoms with Crippen LogP contribution in [0.5, 0.6) is 35.0 Å². The van der Waals surface area contributed by atoms with Crippen molar-refractivity contribution in [1.29, 1.82) is 0 Å². The number of ether oxygens (including phenoxy) is 7. The summed E-state index contributed by atoms with van der Waals surface area (Å²) in [6.45, 7) is 0.133. The maximum atomic E-state index is 13.2. The van der Waals surface area contributed by atoms with Crippen molar-refractivity contribution in [3.05, 3.63) is 95.6 Å². The van der Waals surface area contributed by atoms with Crippen molar-refractivity contribution in [3.8, 4) is 35.0 Å². The van der Waals surface area contributed by atoms with Crippen molar-refractivity contribution in [3.63, 3.8) is 0 Å². The second-order valence-electron chi connectivity index (χ2n) is 10.3. The highest BCUT2D eigenvalue weighted by molar-refractivity contribution is 5.75. The summed E-state index contributed by atoms with van der Waals surface area (Å²) in [6, 6.07) is 24.1. The zero-order chi connectivity index (χ0) is 32.9. The summed E-state index contributed by atoms with van der Waals surface area (Å²) in [5.41, 5.74) is 1.14. The van der Waals surface area contributed by atoms with Gasteiger partial charge in [0.2, 0.25) is 23.6 Å². The van der Waals surface area contributed by atoms with Crippen molar-refractivity contribution in [2.45, 2.75) is 37.4 Å². The maximum Gasteiger partial charge on any atom is 0.348 e. The van der Waals surface area contributed by atoms with E-state index in [1.807, 2.05) is 72.8 Å². The fourth-order valence-corrected chi connectivity index (χ4v) is 5.30. The predicted octanol–water partition coefficient (Wildman–Crippen LogP) is 5.53. The third kappa shape index (κ3) is 8.16. The van der Waals surface area contributed by atoms with E-state index < -0.39 is 17.7 Å². The number of rotatable bonds is 18. The quantitative estimate of drug-likeness (QED) is 0.149. The molecule has 2 unspecified atom stereocenters. The van der Waals surface area contributed by atoms with E-state index in [0.29, 0.717) is 48.5 Å². The molecular weight excluding hydrogens is 592 g/mol. The van der Waals surface area contributed by atoms with Crippen molar-refractivity contribution >= 4 is 5.97 Å². The van der Waals surface area contributed by atoms with Gasteiger partial charge in [-0.3, -0.25) is 0 Å². The Kier molecular flexibility index (Phi) is 12.0. The average Bonchev–Trinajstić information content (AvgIpc) is 3.10. The van der Waals surface area contributed by atoms with Crippen LogP contribution in [0.15, 0.2) is 78.9 Å². The summed E-state index contributed by atoms with van der Waals surface area (Å²) in [7, 11) is 7.51. The van der Waals surface area contributed by atoms with Crippen LogP contribution in [0.2, 0.25) is 0 Å². The van der Waals surface area contributed by atoms with Crippen molar-refractivity contribution in [2.75, 3.05) is 42.2 Å². The zero-order valence-corrected chi connectivity index (χ0v) is 26.7. The fraction of sp³-hybridized carbons (Fsp3) is 0.343. The van der Waals surface area contributed by atoms with Crippen LogP contribution in [0.1, 0.15) is 29.5 Å². The smallest absolute Gasteiger partial charge is 0.348 e. The van der Waals surface area contributed by atoms with Gasteiger partial charge in [0.15, 0.2) is 11.5 Å². The molecule has 0 bridgehead atoms. The van der Waals surface area contributed by atoms with Gasteiger partial charge in [0.1, 0.15) is 5.60 Å². The normalized spacial score (nSPS) is 12.8. The molecule has 1 aromatic heterocycles. The molecule has 0 amide bonds. The van der Waals surface area contributed by atoms with Crippen LogP contribution in [0.3, 0.4) is 0 Å². The molecule has 0 fully saturated rings. The van der Waals surface area contributed by atoms with Gasteiger partial charge in [-0.25, -0.2) is 4.79 Å². The molecular formula is C35H40N2O9. The van der Waals surface area contributed by atoms with Gasteiger partial charge in [0.05, 0.1) is 48.2 Å². The number of carbonyl (C=O) groups is 1. The van der Waals surface area contributed by atoms with Crippen LogP contribution in [0.4, 0.5) is 0 Å². The Balaban J connectivity index is 1.75. The molecule has 1 N–H and O–H groups in total. The largest absolute Gasteiger partial charge is 0.493 e. The van der Waals surface area contributed by atoms with E-state index in [1.165, 1.54) is 20.3 Å². The summed E-state index contributed by atoms with van der Waals surface area (Å²) in [5, 5.41) is 10.7. The first-order chi connectivity index (χ1) is 22.4. The number of aliphatic carboxylic acids is 1. The molecule has 46 heavy (non-hydrogen) atoms. The average molecular weight is 633 g/mol. The molecule has 0 aliphatic heterocycles. The van der Waals surface area contributed by atoms with E-state index in [0.717, 1.165) is 11.1 Å². The molecule has 0 aliphatic rings. The molecule has 0 saturated carbocycles. The first kappa shape index (κ1) is 33.9. The van der Waals surface area contributed by atoms with Gasteiger partial charge in [0, 0.05) is 0 Å². The van der Waals surface area contributed by atoms with Gasteiger partial charge in [-0.1, -0.05) is 60.7 Å². The summed E-state index contributed by atoms with van der Waals surface area (Å²) in [6.07, 6.45) is 0.446. The van der Waals surface area contributed by atoms with E-state index in [2.05, 4.69) is 9.97 Å². The van der Waals surface area contributed by atoms with E-state index >= 15 is 0 Å². The minimum absolute atomic E-state index is 0.133. The highest BCUT2D eigenvalue weighted by Gasteiger charge is 2.48. The Morgan fingerprint density at radius 3 is 1.85 bits per heavy atom. The van der Waals surface area contributed by atoms with Gasteiger partial charge in [-0.15, -0.1) is 0 Å². The van der Waals surface area contributed by atoms with Gasteiger partial charge < -0.3 is 38.3 Å². The second kappa shape index (κ2) is 16.3. The van der Waals surface area contributed by atoms with Crippen LogP contribution in [0, 0.1) is 0 Å². The summed E-state index contributed by atoms with van der Waals surface area (Å²) < 4.78 is 39.9. The van der Waals surface area contributed by atoms with Crippen LogP contribution in [-0.4, -0.2) is 69.3 Å². The molecule has 2 atom stereocenters. The molecule has 0 spiro atoms. The number of carboxylic acid groups (broad SMARTS) is 1. The molecule has 0 saturated heterocycles. The van der Waals surface area contributed by atoms with Gasteiger partial charge in [-0.2, -0.15) is 9.97 Å². The Morgan fingerprint density at radius 2 is 1.33 bits per heavy atom. The molecule has 4 aromatic rings. The van der Waals surface area contributed by atoms with Crippen LogP contribution < -0.4 is 28.4 Å². The Hall–Kier alpha value is -5.03. The predicted molar refractivity (Wildman–Crippen MR) is 170 cm³/mol. The first-order valence-corrected chi connectivity index (χ1v) is 14.8. The summed E-state index contributed by atoms with van der Waals surface area (Å²) >= 11 is 0. The number of benzene rings is 3. The lowest BCUT2D eigenvalue weighted by Gasteiger charge is -2.38. The number of methoxy groups -OCH3 is 5. The molecule has 244 valence electrons. The number of aromatic nitrogens is 2. The van der Waals surface area contributed by atoms with Gasteiger partial charge >= 0.3 is 12.0 Å². The Bertz CT molecular complexity index is 1510. The number of aryl methyl sites for hydroxylation is 1. The van der Waals surface area contributed by atoms with Crippen LogP contribution in [-0.2, 0) is 28.0 Å². The molecule has 3 aromatic carbocycles. The lowest BCUT2D eigenvalue weighted by molar-refractivity contribution is -0.173. The SMILES string of the molecule is COc1cc(OC)nc(OC(C(=O)O)C(CCCc2ccccc2)(OCCc2cc(OC)c(OC)c(OC)c2)c2ccccc2)n1. The Morgan fingerprint density at radius 1 is 0.739 bits per heavy atom. The minimum Gasteiger partial charge on any atom is -0.493 e. The number of hydrogen-bond donors (Lipinski definition) is 1. The topological polar surface area (TPSA) is 128 Å². The third-order valence-corrected chi connectivity index (χ3v) is 7.54. The molecule has 0 radical (unpaired) electrons. The highest BCUT2D eigenvalue weighted by Crippen LogP contribution is 2.40. The van der Waals surface area contributed by atoms with E-state index in [-0.39, 0.29) is 24.4 Å². The fourth-order valence-electron chi connectivity index (χ4n) is 5.30. The van der Waals surface area contributed by atoms with Crippen molar-refractivity contribution in [1.82, 2.24) is 9.97 Å². The monoisotopic (exact) mass is 632 g/mol. The van der Waals surface area contributed by atoms with Crippen LogP contribution in [0.25, 0.3) is 0 Å². The van der Waals surface area contributed by atoms with Gasteiger partial charge in [0.25, 0.3) is 0 Å². The lowest BCUT2D eigenvalue weighted by atomic mass is 9.82. The first-order valence-electron chi connectivity index (χ1n) is 14.8. The van der Waals surface area contributed by atoms with Crippen LogP contribution >= 0.6 is 0 Å². The maximum absolute atomic E-state index is 13.2.